The van der Waals surface area contributed by atoms with Gasteiger partial charge < -0.3 is 10.4 Å². The Kier molecular flexibility index (Phi) is 4.65. The molecule has 0 amide bonds. The van der Waals surface area contributed by atoms with Crippen molar-refractivity contribution >= 4 is 0 Å². The Hall–Kier alpha value is -1.00. The van der Waals surface area contributed by atoms with Crippen LogP contribution in [0.25, 0.3) is 0 Å². The van der Waals surface area contributed by atoms with Crippen LogP contribution in [0.15, 0.2) is 18.2 Å². The summed E-state index contributed by atoms with van der Waals surface area (Å²) in [7, 11) is 0. The van der Waals surface area contributed by atoms with Crippen LogP contribution < -0.4 is 5.32 Å². The van der Waals surface area contributed by atoms with Crippen molar-refractivity contribution in [2.24, 2.45) is 0 Å². The Morgan fingerprint density at radius 1 is 1.40 bits per heavy atom. The maximum Gasteiger partial charge on any atom is 0.130 e. The molecule has 0 saturated heterocycles. The van der Waals surface area contributed by atoms with Crippen LogP contribution in [-0.4, -0.2) is 17.8 Å². The molecule has 0 radical (unpaired) electrons. The van der Waals surface area contributed by atoms with Gasteiger partial charge in [-0.1, -0.05) is 13.0 Å². The minimum Gasteiger partial charge on any atom is -0.392 e. The Labute approximate surface area is 87.9 Å². The van der Waals surface area contributed by atoms with Gasteiger partial charge in [-0.25, -0.2) is 8.78 Å². The topological polar surface area (TPSA) is 32.3 Å². The predicted molar refractivity (Wildman–Crippen MR) is 54.4 cm³/mol. The lowest BCUT2D eigenvalue weighted by molar-refractivity contribution is 0.167. The zero-order valence-electron chi connectivity index (χ0n) is 8.63. The molecule has 1 atom stereocenters. The van der Waals surface area contributed by atoms with Crippen LogP contribution in [0.2, 0.25) is 0 Å². The fraction of sp³-hybridized carbons (Fsp3) is 0.455. The highest BCUT2D eigenvalue weighted by atomic mass is 19.1. The fourth-order valence-electron chi connectivity index (χ4n) is 1.18. The second-order valence-corrected chi connectivity index (χ2v) is 3.43. The summed E-state index contributed by atoms with van der Waals surface area (Å²) >= 11 is 0. The number of aliphatic hydroxyl groups is 1. The molecule has 0 aliphatic rings. The average molecular weight is 215 g/mol. The van der Waals surface area contributed by atoms with Gasteiger partial charge in [-0.3, -0.25) is 0 Å². The van der Waals surface area contributed by atoms with Gasteiger partial charge in [0.15, 0.2) is 0 Å². The van der Waals surface area contributed by atoms with Gasteiger partial charge in [-0.2, -0.15) is 0 Å². The van der Waals surface area contributed by atoms with Gasteiger partial charge in [-0.05, 0) is 12.5 Å². The lowest BCUT2D eigenvalue weighted by Crippen LogP contribution is -2.26. The maximum absolute atomic E-state index is 13.1. The quantitative estimate of drug-likeness (QED) is 0.785. The smallest absolute Gasteiger partial charge is 0.130 e. The van der Waals surface area contributed by atoms with Crippen LogP contribution >= 0.6 is 0 Å². The van der Waals surface area contributed by atoms with Gasteiger partial charge in [0.2, 0.25) is 0 Å². The van der Waals surface area contributed by atoms with Gasteiger partial charge in [0.05, 0.1) is 6.10 Å². The summed E-state index contributed by atoms with van der Waals surface area (Å²) in [6.45, 7) is 2.57. The summed E-state index contributed by atoms with van der Waals surface area (Å²) in [5.41, 5.74) is 0.403. The Balaban J connectivity index is 2.44. The molecule has 0 fully saturated rings. The lowest BCUT2D eigenvalue weighted by Gasteiger charge is -2.09. The van der Waals surface area contributed by atoms with Gasteiger partial charge >= 0.3 is 0 Å². The Morgan fingerprint density at radius 3 is 2.73 bits per heavy atom. The second kappa shape index (κ2) is 5.78. The van der Waals surface area contributed by atoms with Crippen LogP contribution in [-0.2, 0) is 6.54 Å². The van der Waals surface area contributed by atoms with Crippen molar-refractivity contribution in [2.75, 3.05) is 6.54 Å². The van der Waals surface area contributed by atoms with Crippen LogP contribution in [0.5, 0.6) is 0 Å². The van der Waals surface area contributed by atoms with Crippen LogP contribution in [0, 0.1) is 11.6 Å². The molecule has 0 aliphatic heterocycles. The summed E-state index contributed by atoms with van der Waals surface area (Å²) < 4.78 is 25.7. The van der Waals surface area contributed by atoms with Crippen molar-refractivity contribution in [3.63, 3.8) is 0 Å². The molecule has 4 heteroatoms. The average Bonchev–Trinajstić information content (AvgIpc) is 2.21. The number of hydrogen-bond acceptors (Lipinski definition) is 2. The number of halogens is 2. The third kappa shape index (κ3) is 3.93. The Morgan fingerprint density at radius 2 is 2.13 bits per heavy atom. The number of aliphatic hydroxyl groups excluding tert-OH is 1. The number of rotatable bonds is 5. The van der Waals surface area contributed by atoms with Gasteiger partial charge in [-0.15, -0.1) is 0 Å². The third-order valence-corrected chi connectivity index (χ3v) is 2.18. The van der Waals surface area contributed by atoms with Crippen LogP contribution in [0.3, 0.4) is 0 Å². The van der Waals surface area contributed by atoms with E-state index in [0.717, 1.165) is 6.07 Å². The number of nitrogens with one attached hydrogen (secondary N) is 1. The summed E-state index contributed by atoms with van der Waals surface area (Å²) in [4.78, 5) is 0. The molecule has 0 saturated carbocycles. The van der Waals surface area contributed by atoms with Crippen molar-refractivity contribution in [3.8, 4) is 0 Å². The van der Waals surface area contributed by atoms with Crippen molar-refractivity contribution < 1.29 is 13.9 Å². The first kappa shape index (κ1) is 12.1. The standard InChI is InChI=1S/C11H15F2NO/c1-2-10(15)7-14-6-8-3-4-9(12)5-11(8)13/h3-5,10,14-15H,2,6-7H2,1H3. The first-order valence-corrected chi connectivity index (χ1v) is 4.96. The molecule has 2 nitrogen and oxygen atoms in total. The van der Waals surface area contributed by atoms with E-state index in [2.05, 4.69) is 5.32 Å². The molecule has 2 N–H and O–H groups in total. The van der Waals surface area contributed by atoms with Crippen molar-refractivity contribution in [1.82, 2.24) is 5.32 Å². The first-order valence-electron chi connectivity index (χ1n) is 4.96. The molecular formula is C11H15F2NO. The number of hydrogen-bond donors (Lipinski definition) is 2. The molecule has 0 aliphatic carbocycles. The maximum atomic E-state index is 13.1. The molecule has 1 aromatic rings. The molecule has 84 valence electrons. The molecule has 0 bridgehead atoms. The molecule has 1 rings (SSSR count). The van der Waals surface area contributed by atoms with E-state index in [0.29, 0.717) is 25.1 Å². The van der Waals surface area contributed by atoms with Crippen molar-refractivity contribution in [3.05, 3.63) is 35.4 Å². The zero-order valence-corrected chi connectivity index (χ0v) is 8.63. The first-order chi connectivity index (χ1) is 7.13. The highest BCUT2D eigenvalue weighted by Gasteiger charge is 2.04. The minimum atomic E-state index is -0.579. The minimum absolute atomic E-state index is 0.295. The summed E-state index contributed by atoms with van der Waals surface area (Å²) in [6.07, 6.45) is 0.229. The van der Waals surface area contributed by atoms with E-state index in [4.69, 9.17) is 0 Å². The fourth-order valence-corrected chi connectivity index (χ4v) is 1.18. The van der Waals surface area contributed by atoms with Gasteiger partial charge in [0.1, 0.15) is 11.6 Å². The van der Waals surface area contributed by atoms with E-state index >= 15 is 0 Å². The Bertz CT molecular complexity index is 317. The molecule has 1 aromatic carbocycles. The molecule has 15 heavy (non-hydrogen) atoms. The SMILES string of the molecule is CCC(O)CNCc1ccc(F)cc1F. The van der Waals surface area contributed by atoms with E-state index in [1.807, 2.05) is 6.92 Å². The van der Waals surface area contributed by atoms with Crippen molar-refractivity contribution in [1.29, 1.82) is 0 Å². The molecule has 0 spiro atoms. The predicted octanol–water partition coefficient (Wildman–Crippen LogP) is 1.83. The van der Waals surface area contributed by atoms with Crippen LogP contribution in [0.1, 0.15) is 18.9 Å². The monoisotopic (exact) mass is 215 g/mol. The molecular weight excluding hydrogens is 200 g/mol. The van der Waals surface area contributed by atoms with E-state index in [9.17, 15) is 13.9 Å². The third-order valence-electron chi connectivity index (χ3n) is 2.18. The highest BCUT2D eigenvalue weighted by molar-refractivity contribution is 5.18. The normalized spacial score (nSPS) is 12.8. The largest absolute Gasteiger partial charge is 0.392 e. The molecule has 1 unspecified atom stereocenters. The summed E-state index contributed by atoms with van der Waals surface area (Å²) in [5.74, 6) is -1.14. The zero-order chi connectivity index (χ0) is 11.3. The van der Waals surface area contributed by atoms with Crippen molar-refractivity contribution in [2.45, 2.75) is 26.0 Å². The van der Waals surface area contributed by atoms with E-state index in [-0.39, 0.29) is 0 Å². The summed E-state index contributed by atoms with van der Waals surface area (Å²) in [6, 6.07) is 3.47. The summed E-state index contributed by atoms with van der Waals surface area (Å²) in [5, 5.41) is 12.1. The lowest BCUT2D eigenvalue weighted by atomic mass is 10.2. The van der Waals surface area contributed by atoms with Gasteiger partial charge in [0.25, 0.3) is 0 Å². The van der Waals surface area contributed by atoms with E-state index in [1.54, 1.807) is 0 Å². The van der Waals surface area contributed by atoms with E-state index < -0.39 is 17.7 Å². The van der Waals surface area contributed by atoms with E-state index in [1.165, 1.54) is 12.1 Å². The molecule has 0 heterocycles. The number of benzene rings is 1. The van der Waals surface area contributed by atoms with Gasteiger partial charge in [0, 0.05) is 24.7 Å². The molecule has 0 aromatic heterocycles. The van der Waals surface area contributed by atoms with Crippen LogP contribution in [0.4, 0.5) is 8.78 Å². The second-order valence-electron chi connectivity index (χ2n) is 3.43. The highest BCUT2D eigenvalue weighted by Crippen LogP contribution is 2.08.